The molecule has 3 heterocycles. The van der Waals surface area contributed by atoms with Crippen LogP contribution in [0.4, 0.5) is 17.6 Å². The van der Waals surface area contributed by atoms with Crippen molar-refractivity contribution in [1.29, 1.82) is 0 Å². The van der Waals surface area contributed by atoms with Crippen molar-refractivity contribution >= 4 is 17.5 Å². The number of imidazole rings is 1. The van der Waals surface area contributed by atoms with Gasteiger partial charge in [0.05, 0.1) is 36.6 Å². The lowest BCUT2D eigenvalue weighted by molar-refractivity contribution is -0.129. The zero-order chi connectivity index (χ0) is 28.7. The molecule has 2 aliphatic carbocycles. The minimum Gasteiger partial charge on any atom is -0.349 e. The third-order valence-corrected chi connectivity index (χ3v) is 7.77. The molecule has 2 saturated carbocycles. The first-order valence-electron chi connectivity index (χ1n) is 13.4. The Hall–Kier alpha value is -3.58. The van der Waals surface area contributed by atoms with Crippen molar-refractivity contribution in [3.8, 4) is 0 Å². The van der Waals surface area contributed by atoms with Crippen molar-refractivity contribution < 1.29 is 31.8 Å². The van der Waals surface area contributed by atoms with E-state index in [0.29, 0.717) is 16.9 Å². The van der Waals surface area contributed by atoms with E-state index in [0.717, 1.165) is 12.8 Å². The number of carbonyl (C=O) groups is 2. The second-order valence-electron chi connectivity index (χ2n) is 10.9. The number of rotatable bonds is 10. The largest absolute Gasteiger partial charge is 0.349 e. The summed E-state index contributed by atoms with van der Waals surface area (Å²) in [7, 11) is 0. The highest BCUT2D eigenvalue weighted by Gasteiger charge is 2.40. The monoisotopic (exact) mass is 565 g/mol. The summed E-state index contributed by atoms with van der Waals surface area (Å²) in [5.74, 6) is -7.34. The maximum absolute atomic E-state index is 13.9. The molecule has 2 amide bonds. The molecule has 40 heavy (non-hydrogen) atoms. The number of aromatic nitrogens is 5. The van der Waals surface area contributed by atoms with Crippen LogP contribution in [0, 0.1) is 18.8 Å². The first-order chi connectivity index (χ1) is 18.9. The molecule has 3 aromatic rings. The van der Waals surface area contributed by atoms with E-state index in [1.165, 1.54) is 11.4 Å². The minimum absolute atomic E-state index is 0.00742. The van der Waals surface area contributed by atoms with Crippen molar-refractivity contribution in [1.82, 2.24) is 35.5 Å². The summed E-state index contributed by atoms with van der Waals surface area (Å²) in [4.78, 5) is 30.0. The molecule has 10 nitrogen and oxygen atoms in total. The fraction of sp³-hybridized carbons (Fsp3) is 0.615. The number of nitrogens with zero attached hydrogens (tertiary/aromatic N) is 5. The third-order valence-electron chi connectivity index (χ3n) is 7.77. The van der Waals surface area contributed by atoms with Crippen molar-refractivity contribution in [2.75, 3.05) is 0 Å². The zero-order valence-corrected chi connectivity index (χ0v) is 22.2. The van der Waals surface area contributed by atoms with Crippen LogP contribution < -0.4 is 10.6 Å². The number of halogens is 4. The summed E-state index contributed by atoms with van der Waals surface area (Å²) in [5, 5.41) is 17.3. The molecule has 2 N–H and O–H groups in total. The van der Waals surface area contributed by atoms with Gasteiger partial charge in [-0.05, 0) is 61.2 Å². The first kappa shape index (κ1) is 28.0. The zero-order valence-electron chi connectivity index (χ0n) is 22.2. The predicted molar refractivity (Wildman–Crippen MR) is 133 cm³/mol. The molecule has 0 aromatic carbocycles. The number of hydrogen-bond acceptors (Lipinski definition) is 7. The first-order valence-corrected chi connectivity index (χ1v) is 13.4. The lowest BCUT2D eigenvalue weighted by atomic mass is 9.81. The van der Waals surface area contributed by atoms with Crippen LogP contribution in [0.3, 0.4) is 0 Å². The van der Waals surface area contributed by atoms with Gasteiger partial charge in [0.15, 0.2) is 11.3 Å². The molecule has 0 aliphatic heterocycles. The molecule has 14 heteroatoms. The van der Waals surface area contributed by atoms with Crippen molar-refractivity contribution in [2.45, 2.75) is 89.1 Å². The maximum Gasteiger partial charge on any atom is 0.276 e. The molecular formula is C26H31F4N7O3. The van der Waals surface area contributed by atoms with E-state index < -0.39 is 48.6 Å². The summed E-state index contributed by atoms with van der Waals surface area (Å²) in [6.45, 7) is 2.90. The molecule has 216 valence electrons. The van der Waals surface area contributed by atoms with Gasteiger partial charge in [0.25, 0.3) is 11.8 Å². The van der Waals surface area contributed by atoms with Gasteiger partial charge in [-0.25, -0.2) is 31.7 Å². The Labute approximate surface area is 227 Å². The van der Waals surface area contributed by atoms with Gasteiger partial charge < -0.3 is 10.6 Å². The smallest absolute Gasteiger partial charge is 0.276 e. The Morgan fingerprint density at radius 2 is 1.82 bits per heavy atom. The Bertz CT molecular complexity index is 1380. The van der Waals surface area contributed by atoms with Gasteiger partial charge >= 0.3 is 0 Å². The average molecular weight is 566 g/mol. The predicted octanol–water partition coefficient (Wildman–Crippen LogP) is 4.72. The molecule has 0 spiro atoms. The minimum atomic E-state index is -3.08. The summed E-state index contributed by atoms with van der Waals surface area (Å²) in [5.41, 5.74) is 1.75. The summed E-state index contributed by atoms with van der Waals surface area (Å²) < 4.78 is 61.5. The Morgan fingerprint density at radius 1 is 1.12 bits per heavy atom. The number of aryl methyl sites for hydroxylation is 1. The maximum atomic E-state index is 13.9. The third kappa shape index (κ3) is 6.25. The van der Waals surface area contributed by atoms with E-state index >= 15 is 0 Å². The van der Waals surface area contributed by atoms with Gasteiger partial charge in [-0.1, -0.05) is 12.1 Å². The van der Waals surface area contributed by atoms with E-state index in [-0.39, 0.29) is 48.9 Å². The van der Waals surface area contributed by atoms with E-state index in [1.807, 2.05) is 0 Å². The SMILES string of the molecule is CCC(F)(F)CC(=O)N[C@@H](c1cnn2cc([C@@H](NC(=O)c3nonc3C)C3CCC(F)(F)CC3)nc2c1)C1CC1. The van der Waals surface area contributed by atoms with Crippen molar-refractivity contribution in [3.05, 3.63) is 41.1 Å². The van der Waals surface area contributed by atoms with Crippen LogP contribution in [0.25, 0.3) is 5.65 Å². The molecule has 0 saturated heterocycles. The van der Waals surface area contributed by atoms with E-state index in [2.05, 4.69) is 35.7 Å². The molecule has 2 fully saturated rings. The standard InChI is InChI=1S/C26H31F4N7O3/c1-3-25(27,28)11-20(38)33-22(15-4-5-15)17-10-19-32-18(13-37(19)31-12-17)23(16-6-8-26(29,30)9-7-16)34-24(39)21-14(2)35-40-36-21/h10,12-13,15-16,22-23H,3-9,11H2,1-2H3,(H,33,38)(H,34,39)/t22-,23+/m1/s1. The molecule has 3 aromatic heterocycles. The highest BCUT2D eigenvalue weighted by atomic mass is 19.3. The molecule has 0 radical (unpaired) electrons. The molecule has 0 unspecified atom stereocenters. The Balaban J connectivity index is 1.41. The lowest BCUT2D eigenvalue weighted by Crippen LogP contribution is -2.37. The Morgan fingerprint density at radius 3 is 2.45 bits per heavy atom. The van der Waals surface area contributed by atoms with Crippen LogP contribution in [0.5, 0.6) is 0 Å². The Kier molecular flexibility index (Phi) is 7.53. The lowest BCUT2D eigenvalue weighted by Gasteiger charge is -2.33. The summed E-state index contributed by atoms with van der Waals surface area (Å²) in [6, 6.07) is 0.522. The number of fused-ring (bicyclic) bond motifs is 1. The summed E-state index contributed by atoms with van der Waals surface area (Å²) >= 11 is 0. The van der Waals surface area contributed by atoms with Gasteiger partial charge in [-0.15, -0.1) is 0 Å². The normalized spacial score (nSPS) is 19.4. The molecule has 2 aliphatic rings. The van der Waals surface area contributed by atoms with Gasteiger partial charge in [0, 0.05) is 19.3 Å². The second-order valence-corrected chi connectivity index (χ2v) is 10.9. The van der Waals surface area contributed by atoms with E-state index in [4.69, 9.17) is 0 Å². The van der Waals surface area contributed by atoms with Crippen molar-refractivity contribution in [3.63, 3.8) is 0 Å². The van der Waals surface area contributed by atoms with Crippen LogP contribution in [-0.2, 0) is 4.79 Å². The quantitative estimate of drug-likeness (QED) is 0.341. The number of alkyl halides is 4. The molecular weight excluding hydrogens is 534 g/mol. The van der Waals surface area contributed by atoms with Gasteiger partial charge in [-0.3, -0.25) is 9.59 Å². The van der Waals surface area contributed by atoms with Crippen LogP contribution in [-0.4, -0.2) is 48.6 Å². The van der Waals surface area contributed by atoms with E-state index in [9.17, 15) is 27.2 Å². The molecule has 5 rings (SSSR count). The van der Waals surface area contributed by atoms with Crippen molar-refractivity contribution in [2.24, 2.45) is 11.8 Å². The van der Waals surface area contributed by atoms with Crippen LogP contribution >= 0.6 is 0 Å². The average Bonchev–Trinajstić information content (AvgIpc) is 3.51. The topological polar surface area (TPSA) is 127 Å². The van der Waals surface area contributed by atoms with Gasteiger partial charge in [0.1, 0.15) is 5.69 Å². The number of amides is 2. The van der Waals surface area contributed by atoms with Crippen LogP contribution in [0.15, 0.2) is 23.1 Å². The highest BCUT2D eigenvalue weighted by Crippen LogP contribution is 2.43. The highest BCUT2D eigenvalue weighted by molar-refractivity contribution is 5.93. The number of carbonyl (C=O) groups excluding carboxylic acids is 2. The molecule has 2 atom stereocenters. The van der Waals surface area contributed by atoms with Gasteiger partial charge in [-0.2, -0.15) is 5.10 Å². The number of hydrogen-bond donors (Lipinski definition) is 2. The van der Waals surface area contributed by atoms with E-state index in [1.54, 1.807) is 25.4 Å². The fourth-order valence-electron chi connectivity index (χ4n) is 5.19. The van der Waals surface area contributed by atoms with Gasteiger partial charge in [0.2, 0.25) is 11.8 Å². The van der Waals surface area contributed by atoms with Crippen LogP contribution in [0.2, 0.25) is 0 Å². The fourth-order valence-corrected chi connectivity index (χ4v) is 5.19. The molecule has 0 bridgehead atoms. The summed E-state index contributed by atoms with van der Waals surface area (Å²) in [6.07, 6.45) is 3.30. The van der Waals surface area contributed by atoms with Crippen LogP contribution in [0.1, 0.15) is 97.8 Å². The number of nitrogens with one attached hydrogen (secondary N) is 2. The second kappa shape index (κ2) is 10.8.